The third-order valence-corrected chi connectivity index (χ3v) is 2.49. The number of benzene rings is 1. The van der Waals surface area contributed by atoms with Crippen LogP contribution in [0, 0.1) is 18.3 Å². The number of aryl methyl sites for hydroxylation is 1. The van der Waals surface area contributed by atoms with E-state index in [1.54, 1.807) is 0 Å². The van der Waals surface area contributed by atoms with Crippen LogP contribution >= 0.6 is 0 Å². The van der Waals surface area contributed by atoms with Crippen LogP contribution in [0.15, 0.2) is 24.3 Å². The summed E-state index contributed by atoms with van der Waals surface area (Å²) in [6.07, 6.45) is 1.75. The Morgan fingerprint density at radius 1 is 1.35 bits per heavy atom. The molecule has 92 valence electrons. The number of nitriles is 1. The van der Waals surface area contributed by atoms with Gasteiger partial charge in [-0.3, -0.25) is 0 Å². The summed E-state index contributed by atoms with van der Waals surface area (Å²) in [7, 11) is 0. The van der Waals surface area contributed by atoms with Crippen molar-refractivity contribution in [2.24, 2.45) is 0 Å². The maximum atomic E-state index is 8.92. The van der Waals surface area contributed by atoms with Gasteiger partial charge in [0.2, 0.25) is 0 Å². The van der Waals surface area contributed by atoms with Gasteiger partial charge in [0.15, 0.2) is 0 Å². The quantitative estimate of drug-likeness (QED) is 0.786. The van der Waals surface area contributed by atoms with E-state index < -0.39 is 0 Å². The second kappa shape index (κ2) is 7.70. The van der Waals surface area contributed by atoms with Crippen LogP contribution in [0.25, 0.3) is 0 Å². The molecular formula is C14H20N2O. The molecule has 1 atom stereocenters. The molecule has 0 aliphatic carbocycles. The van der Waals surface area contributed by atoms with Crippen molar-refractivity contribution in [3.63, 3.8) is 0 Å². The topological polar surface area (TPSA) is 45.0 Å². The van der Waals surface area contributed by atoms with Crippen molar-refractivity contribution in [3.05, 3.63) is 29.8 Å². The van der Waals surface area contributed by atoms with Crippen molar-refractivity contribution in [2.75, 3.05) is 13.2 Å². The average molecular weight is 232 g/mol. The largest absolute Gasteiger partial charge is 0.493 e. The fourth-order valence-electron chi connectivity index (χ4n) is 1.46. The molecule has 0 heterocycles. The SMILES string of the molecule is CCCNC(C#N)CCOc1ccc(C)cc1. The number of hydrogen-bond donors (Lipinski definition) is 1. The zero-order chi connectivity index (χ0) is 12.5. The molecule has 0 bridgehead atoms. The van der Waals surface area contributed by atoms with Crippen LogP contribution in [-0.2, 0) is 0 Å². The van der Waals surface area contributed by atoms with E-state index in [1.165, 1.54) is 5.56 Å². The van der Waals surface area contributed by atoms with Crippen LogP contribution in [-0.4, -0.2) is 19.2 Å². The van der Waals surface area contributed by atoms with Gasteiger partial charge in [0, 0.05) is 6.42 Å². The van der Waals surface area contributed by atoms with E-state index in [0.29, 0.717) is 13.0 Å². The molecular weight excluding hydrogens is 212 g/mol. The molecule has 1 aromatic carbocycles. The van der Waals surface area contributed by atoms with Crippen molar-refractivity contribution in [3.8, 4) is 11.8 Å². The van der Waals surface area contributed by atoms with E-state index in [4.69, 9.17) is 10.00 Å². The van der Waals surface area contributed by atoms with Crippen LogP contribution in [0.1, 0.15) is 25.3 Å². The monoisotopic (exact) mass is 232 g/mol. The number of ether oxygens (including phenoxy) is 1. The van der Waals surface area contributed by atoms with Gasteiger partial charge in [0.1, 0.15) is 5.75 Å². The van der Waals surface area contributed by atoms with Gasteiger partial charge in [-0.05, 0) is 32.0 Å². The third-order valence-electron chi connectivity index (χ3n) is 2.49. The molecule has 0 radical (unpaired) electrons. The van der Waals surface area contributed by atoms with Crippen molar-refractivity contribution >= 4 is 0 Å². The normalized spacial score (nSPS) is 11.8. The lowest BCUT2D eigenvalue weighted by Crippen LogP contribution is -2.29. The maximum Gasteiger partial charge on any atom is 0.119 e. The molecule has 0 amide bonds. The molecule has 3 nitrogen and oxygen atoms in total. The van der Waals surface area contributed by atoms with Crippen molar-refractivity contribution < 1.29 is 4.74 Å². The van der Waals surface area contributed by atoms with Crippen molar-refractivity contribution in [1.82, 2.24) is 5.32 Å². The average Bonchev–Trinajstić information content (AvgIpc) is 2.36. The highest BCUT2D eigenvalue weighted by molar-refractivity contribution is 5.26. The molecule has 0 aliphatic rings. The first-order valence-corrected chi connectivity index (χ1v) is 6.08. The molecule has 17 heavy (non-hydrogen) atoms. The Labute approximate surface area is 103 Å². The summed E-state index contributed by atoms with van der Waals surface area (Å²) in [6, 6.07) is 10.1. The highest BCUT2D eigenvalue weighted by Crippen LogP contribution is 2.11. The Morgan fingerprint density at radius 2 is 2.06 bits per heavy atom. The van der Waals surface area contributed by atoms with Gasteiger partial charge >= 0.3 is 0 Å². The molecule has 0 spiro atoms. The molecule has 3 heteroatoms. The van der Waals surface area contributed by atoms with Crippen LogP contribution in [0.5, 0.6) is 5.75 Å². The Morgan fingerprint density at radius 3 is 2.65 bits per heavy atom. The van der Waals surface area contributed by atoms with E-state index in [1.807, 2.05) is 31.2 Å². The molecule has 1 N–H and O–H groups in total. The van der Waals surface area contributed by atoms with Gasteiger partial charge in [-0.15, -0.1) is 0 Å². The predicted octanol–water partition coefficient (Wildman–Crippen LogP) is 2.66. The van der Waals surface area contributed by atoms with Crippen molar-refractivity contribution in [2.45, 2.75) is 32.7 Å². The molecule has 0 saturated heterocycles. The molecule has 0 fully saturated rings. The van der Waals surface area contributed by atoms with Crippen LogP contribution in [0.4, 0.5) is 0 Å². The van der Waals surface area contributed by atoms with E-state index in [0.717, 1.165) is 18.7 Å². The molecule has 1 rings (SSSR count). The predicted molar refractivity (Wildman–Crippen MR) is 69.0 cm³/mol. The van der Waals surface area contributed by atoms with Gasteiger partial charge in [-0.25, -0.2) is 0 Å². The van der Waals surface area contributed by atoms with E-state index in [-0.39, 0.29) is 6.04 Å². The molecule has 0 aliphatic heterocycles. The minimum absolute atomic E-state index is 0.111. The Bertz CT molecular complexity index is 353. The summed E-state index contributed by atoms with van der Waals surface area (Å²) in [5.41, 5.74) is 1.22. The lowest BCUT2D eigenvalue weighted by atomic mass is 10.2. The van der Waals surface area contributed by atoms with Crippen LogP contribution < -0.4 is 10.1 Å². The zero-order valence-corrected chi connectivity index (χ0v) is 10.6. The Kier molecular flexibility index (Phi) is 6.13. The fourth-order valence-corrected chi connectivity index (χ4v) is 1.46. The standard InChI is InChI=1S/C14H20N2O/c1-3-9-16-13(11-15)8-10-17-14-6-4-12(2)5-7-14/h4-7,13,16H,3,8-10H2,1-2H3. The first-order chi connectivity index (χ1) is 8.26. The number of hydrogen-bond acceptors (Lipinski definition) is 3. The van der Waals surface area contributed by atoms with Crippen molar-refractivity contribution in [1.29, 1.82) is 5.26 Å². The maximum absolute atomic E-state index is 8.92. The highest BCUT2D eigenvalue weighted by atomic mass is 16.5. The summed E-state index contributed by atoms with van der Waals surface area (Å²) < 4.78 is 5.58. The number of nitrogens with one attached hydrogen (secondary N) is 1. The molecule has 1 unspecified atom stereocenters. The first-order valence-electron chi connectivity index (χ1n) is 6.08. The number of nitrogens with zero attached hydrogens (tertiary/aromatic N) is 1. The Balaban J connectivity index is 2.26. The summed E-state index contributed by atoms with van der Waals surface area (Å²) in [5, 5.41) is 12.1. The van der Waals surface area contributed by atoms with E-state index >= 15 is 0 Å². The summed E-state index contributed by atoms with van der Waals surface area (Å²) in [6.45, 7) is 5.58. The van der Waals surface area contributed by atoms with Crippen LogP contribution in [0.2, 0.25) is 0 Å². The van der Waals surface area contributed by atoms with E-state index in [9.17, 15) is 0 Å². The Hall–Kier alpha value is -1.53. The van der Waals surface area contributed by atoms with Gasteiger partial charge < -0.3 is 10.1 Å². The molecule has 0 saturated carbocycles. The number of rotatable bonds is 7. The van der Waals surface area contributed by atoms with E-state index in [2.05, 4.69) is 18.3 Å². The molecule has 0 aromatic heterocycles. The summed E-state index contributed by atoms with van der Waals surface area (Å²) in [4.78, 5) is 0. The second-order valence-corrected chi connectivity index (χ2v) is 4.09. The minimum Gasteiger partial charge on any atom is -0.493 e. The lowest BCUT2D eigenvalue weighted by Gasteiger charge is -2.11. The molecule has 1 aromatic rings. The van der Waals surface area contributed by atoms with Gasteiger partial charge in [-0.2, -0.15) is 5.26 Å². The summed E-state index contributed by atoms with van der Waals surface area (Å²) in [5.74, 6) is 0.864. The summed E-state index contributed by atoms with van der Waals surface area (Å²) >= 11 is 0. The third kappa shape index (κ3) is 5.37. The highest BCUT2D eigenvalue weighted by Gasteiger charge is 2.05. The van der Waals surface area contributed by atoms with Gasteiger partial charge in [0.25, 0.3) is 0 Å². The second-order valence-electron chi connectivity index (χ2n) is 4.09. The lowest BCUT2D eigenvalue weighted by molar-refractivity contribution is 0.298. The van der Waals surface area contributed by atoms with Crippen LogP contribution in [0.3, 0.4) is 0 Å². The smallest absolute Gasteiger partial charge is 0.119 e. The first kappa shape index (κ1) is 13.5. The van der Waals surface area contributed by atoms with Gasteiger partial charge in [-0.1, -0.05) is 24.6 Å². The van der Waals surface area contributed by atoms with Gasteiger partial charge in [0.05, 0.1) is 18.7 Å². The minimum atomic E-state index is -0.111. The zero-order valence-electron chi connectivity index (χ0n) is 10.6. The fraction of sp³-hybridized carbons (Fsp3) is 0.500.